The number of carbonyl (C=O) groups is 4. The molecule has 53 heavy (non-hydrogen) atoms. The molecule has 0 bridgehead atoms. The molecule has 3 aromatic rings. The van der Waals surface area contributed by atoms with Crippen molar-refractivity contribution in [3.8, 4) is 0 Å². The average molecular weight is 723 g/mol. The molecule has 11 atom stereocenters. The van der Waals surface area contributed by atoms with Crippen LogP contribution in [0, 0.1) is 29.1 Å². The van der Waals surface area contributed by atoms with Crippen molar-refractivity contribution in [3.05, 3.63) is 119 Å². The van der Waals surface area contributed by atoms with Gasteiger partial charge in [0.1, 0.15) is 23.9 Å². The number of esters is 4. The van der Waals surface area contributed by atoms with Crippen LogP contribution in [0.4, 0.5) is 0 Å². The molecule has 2 saturated carbocycles. The third-order valence-corrected chi connectivity index (χ3v) is 12.0. The Hall–Kier alpha value is -4.80. The van der Waals surface area contributed by atoms with E-state index < -0.39 is 88.8 Å². The van der Waals surface area contributed by atoms with Gasteiger partial charge in [-0.2, -0.15) is 0 Å². The Balaban J connectivity index is 1.39. The molecule has 11 unspecified atom stereocenters. The van der Waals surface area contributed by atoms with E-state index in [2.05, 4.69) is 0 Å². The monoisotopic (exact) mass is 722 g/mol. The van der Waals surface area contributed by atoms with E-state index in [1.165, 1.54) is 6.92 Å². The maximum atomic E-state index is 13.9. The van der Waals surface area contributed by atoms with Crippen molar-refractivity contribution in [1.82, 2.24) is 0 Å². The van der Waals surface area contributed by atoms with Crippen molar-refractivity contribution in [2.75, 3.05) is 0 Å². The SMILES string of the molecule is CC(=O)OC1C(C)C(O)C23CC(C)C(OC(=O)c4ccccc4)C2(/C=C(/C)C(OC(=O)c2ccccc2)C(OC(=O)c2ccccc2)C2C1C2(C)C)O3. The van der Waals surface area contributed by atoms with Crippen LogP contribution in [0.2, 0.25) is 0 Å². The van der Waals surface area contributed by atoms with Crippen LogP contribution in [0.1, 0.15) is 79.0 Å². The van der Waals surface area contributed by atoms with Crippen LogP contribution < -0.4 is 0 Å². The number of fused-ring (bicyclic) bond motifs is 1. The average Bonchev–Trinajstić information content (AvgIpc) is 3.94. The minimum absolute atomic E-state index is 0.264. The van der Waals surface area contributed by atoms with Gasteiger partial charge in [-0.3, -0.25) is 4.79 Å². The Kier molecular flexibility index (Phi) is 9.35. The highest BCUT2D eigenvalue weighted by Crippen LogP contribution is 2.70. The summed E-state index contributed by atoms with van der Waals surface area (Å²) in [6.07, 6.45) is -2.92. The zero-order valence-corrected chi connectivity index (χ0v) is 30.8. The third-order valence-electron chi connectivity index (χ3n) is 12.0. The van der Waals surface area contributed by atoms with Gasteiger partial charge in [0.15, 0.2) is 11.7 Å². The van der Waals surface area contributed by atoms with E-state index in [0.717, 1.165) is 0 Å². The number of hydrogen-bond acceptors (Lipinski definition) is 10. The lowest BCUT2D eigenvalue weighted by molar-refractivity contribution is -0.155. The first-order valence-corrected chi connectivity index (χ1v) is 18.2. The fourth-order valence-corrected chi connectivity index (χ4v) is 9.35. The minimum atomic E-state index is -1.34. The van der Waals surface area contributed by atoms with Crippen LogP contribution >= 0.6 is 0 Å². The van der Waals surface area contributed by atoms with Gasteiger partial charge in [-0.15, -0.1) is 0 Å². The lowest BCUT2D eigenvalue weighted by Gasteiger charge is -2.32. The molecule has 1 N–H and O–H groups in total. The molecule has 3 aliphatic carbocycles. The van der Waals surface area contributed by atoms with Gasteiger partial charge in [-0.1, -0.05) is 82.3 Å². The second-order valence-corrected chi connectivity index (χ2v) is 15.7. The molecule has 10 heteroatoms. The molecule has 278 valence electrons. The van der Waals surface area contributed by atoms with Gasteiger partial charge in [0.05, 0.1) is 22.8 Å². The molecule has 10 nitrogen and oxygen atoms in total. The molecule has 0 radical (unpaired) electrons. The second kappa shape index (κ2) is 13.6. The predicted molar refractivity (Wildman–Crippen MR) is 193 cm³/mol. The number of ether oxygens (including phenoxy) is 5. The number of epoxide rings is 1. The third kappa shape index (κ3) is 6.25. The van der Waals surface area contributed by atoms with Gasteiger partial charge in [0.2, 0.25) is 0 Å². The first kappa shape index (κ1) is 36.6. The lowest BCUT2D eigenvalue weighted by Crippen LogP contribution is -2.46. The van der Waals surface area contributed by atoms with Crippen molar-refractivity contribution >= 4 is 23.9 Å². The van der Waals surface area contributed by atoms with E-state index in [1.54, 1.807) is 104 Å². The number of benzene rings is 3. The van der Waals surface area contributed by atoms with E-state index in [-0.39, 0.29) is 5.92 Å². The lowest BCUT2D eigenvalue weighted by atomic mass is 9.79. The van der Waals surface area contributed by atoms with Gasteiger partial charge in [-0.25, -0.2) is 14.4 Å². The summed E-state index contributed by atoms with van der Waals surface area (Å²) in [7, 11) is 0. The minimum Gasteiger partial charge on any atom is -0.462 e. The number of aliphatic hydroxyl groups is 1. The molecule has 1 aliphatic heterocycles. The normalized spacial score (nSPS) is 36.1. The van der Waals surface area contributed by atoms with Crippen LogP contribution in [-0.4, -0.2) is 70.7 Å². The molecule has 7 rings (SSSR count). The Bertz CT molecular complexity index is 1910. The van der Waals surface area contributed by atoms with Crippen molar-refractivity contribution in [3.63, 3.8) is 0 Å². The number of rotatable bonds is 7. The van der Waals surface area contributed by atoms with Crippen molar-refractivity contribution in [2.45, 2.75) is 89.7 Å². The number of hydrogen-bond donors (Lipinski definition) is 1. The summed E-state index contributed by atoms with van der Waals surface area (Å²) in [5.41, 5.74) is -1.70. The first-order valence-electron chi connectivity index (χ1n) is 18.2. The fraction of sp³-hybridized carbons (Fsp3) is 0.442. The number of carbonyl (C=O) groups excluding carboxylic acids is 4. The highest BCUT2D eigenvalue weighted by molar-refractivity contribution is 5.91. The topological polar surface area (TPSA) is 138 Å². The summed E-state index contributed by atoms with van der Waals surface area (Å²) in [6, 6.07) is 25.7. The van der Waals surface area contributed by atoms with Gasteiger partial charge in [0, 0.05) is 24.7 Å². The van der Waals surface area contributed by atoms with Crippen LogP contribution in [0.5, 0.6) is 0 Å². The maximum absolute atomic E-state index is 13.9. The van der Waals surface area contributed by atoms with E-state index in [0.29, 0.717) is 28.7 Å². The van der Waals surface area contributed by atoms with Gasteiger partial charge >= 0.3 is 23.9 Å². The summed E-state index contributed by atoms with van der Waals surface area (Å²) in [5, 5.41) is 12.4. The zero-order chi connectivity index (χ0) is 37.9. The largest absolute Gasteiger partial charge is 0.462 e. The second-order valence-electron chi connectivity index (χ2n) is 15.7. The van der Waals surface area contributed by atoms with Crippen LogP contribution in [-0.2, 0) is 28.5 Å². The number of aliphatic hydroxyl groups excluding tert-OH is 1. The summed E-state index contributed by atoms with van der Waals surface area (Å²) >= 11 is 0. The predicted octanol–water partition coefficient (Wildman–Crippen LogP) is 6.37. The molecule has 1 saturated heterocycles. The summed E-state index contributed by atoms with van der Waals surface area (Å²) < 4.78 is 31.8. The first-order chi connectivity index (χ1) is 25.2. The van der Waals surface area contributed by atoms with Crippen molar-refractivity contribution in [2.24, 2.45) is 29.1 Å². The molecule has 3 fully saturated rings. The Morgan fingerprint density at radius 3 is 1.68 bits per heavy atom. The molecular formula is C43H46O10. The van der Waals surface area contributed by atoms with Crippen molar-refractivity contribution in [1.29, 1.82) is 0 Å². The van der Waals surface area contributed by atoms with Gasteiger partial charge in [-0.05, 0) is 72.7 Å². The molecular weight excluding hydrogens is 676 g/mol. The summed E-state index contributed by atoms with van der Waals surface area (Å²) in [5.74, 6) is -4.13. The van der Waals surface area contributed by atoms with E-state index >= 15 is 0 Å². The van der Waals surface area contributed by atoms with Gasteiger partial charge in [0.25, 0.3) is 0 Å². The van der Waals surface area contributed by atoms with Crippen LogP contribution in [0.25, 0.3) is 0 Å². The van der Waals surface area contributed by atoms with Crippen molar-refractivity contribution < 1.29 is 48.0 Å². The smallest absolute Gasteiger partial charge is 0.338 e. The Morgan fingerprint density at radius 1 is 0.698 bits per heavy atom. The summed E-state index contributed by atoms with van der Waals surface area (Å²) in [6.45, 7) is 10.9. The molecule has 0 spiro atoms. The highest BCUT2D eigenvalue weighted by Gasteiger charge is 2.83. The maximum Gasteiger partial charge on any atom is 0.338 e. The van der Waals surface area contributed by atoms with E-state index in [4.69, 9.17) is 23.7 Å². The standard InChI is InChI=1S/C43H46O10/c1-24-22-43-37(52-40(48)30-20-14-9-15-21-30)25(2)23-42(43,53-43)36(45)26(3)34(49-27(4)44)31-32(41(31,5)6)35(51-39(47)29-18-12-8-13-19-29)33(24)50-38(46)28-16-10-7-11-17-28/h7-22,25-26,31-37,45H,23H2,1-6H3/b24-22-. The van der Waals surface area contributed by atoms with Gasteiger partial charge < -0.3 is 28.8 Å². The molecule has 4 aliphatic rings. The molecule has 0 amide bonds. The quantitative estimate of drug-likeness (QED) is 0.127. The zero-order valence-electron chi connectivity index (χ0n) is 30.8. The van der Waals surface area contributed by atoms with E-state index in [1.807, 2.05) is 27.7 Å². The van der Waals surface area contributed by atoms with Crippen LogP contribution in [0.15, 0.2) is 103 Å². The fourth-order valence-electron chi connectivity index (χ4n) is 9.35. The molecule has 1 heterocycles. The van der Waals surface area contributed by atoms with Crippen LogP contribution in [0.3, 0.4) is 0 Å². The summed E-state index contributed by atoms with van der Waals surface area (Å²) in [4.78, 5) is 54.1. The Labute approximate surface area is 309 Å². The Morgan fingerprint density at radius 2 is 1.17 bits per heavy atom. The highest BCUT2D eigenvalue weighted by atomic mass is 16.7. The molecule has 3 aromatic carbocycles. The van der Waals surface area contributed by atoms with E-state index in [9.17, 15) is 24.3 Å². The molecule has 0 aromatic heterocycles.